The van der Waals surface area contributed by atoms with E-state index in [0.29, 0.717) is 70.9 Å². The Hall–Kier alpha value is -5.47. The Morgan fingerprint density at radius 2 is 0.878 bits per heavy atom. The zero-order valence-electron chi connectivity index (χ0n) is 107. The van der Waals surface area contributed by atoms with Crippen molar-refractivity contribution < 1.29 is 28.4 Å². The van der Waals surface area contributed by atoms with Gasteiger partial charge >= 0.3 is 0 Å². The number of fused-ring (bicyclic) bond motifs is 1. The Labute approximate surface area is 928 Å². The monoisotopic (exact) mass is 2070 g/mol. The molecule has 0 saturated heterocycles. The van der Waals surface area contributed by atoms with Crippen molar-refractivity contribution in [2.24, 2.45) is 88.7 Å². The SMILES string of the molecule is CC(C)(C)CCC1=CCCCC1.CC(C)(C)CCCSC1CCCCC1.CC(C)(C)Cc1ccc2c(c1)OCC2.CC(CCc1ccccc1)C(C)(C)C.CC(c1ccccc1)C(C)(C)C.CC1CCCC(C(C)(C)C)C1C.CCCCC(C)(C)C.CCOCCCC(C)(C)C.CCOc1ccc(CCC(C)(C)C)cc1.COCCC(C)(C)C.COc1ccc(OC)c(CCC(C)(C)C)c1.Cc1ccc(CCC(C)(C)C)cc1. The van der Waals surface area contributed by atoms with Crippen molar-refractivity contribution in [3.63, 3.8) is 0 Å². The summed E-state index contributed by atoms with van der Waals surface area (Å²) in [5.74, 6) is 9.53. The maximum absolute atomic E-state index is 5.55. The number of hydrogen-bond donors (Lipinski definition) is 0. The maximum atomic E-state index is 5.55. The number of thioether (sulfide) groups is 1. The lowest BCUT2D eigenvalue weighted by molar-refractivity contribution is 0.0801. The number of ether oxygens (including phenoxy) is 6. The van der Waals surface area contributed by atoms with Crippen LogP contribution >= 0.6 is 11.8 Å². The van der Waals surface area contributed by atoms with Crippen molar-refractivity contribution in [2.75, 3.05) is 60.1 Å². The molecule has 5 unspecified atom stereocenters. The van der Waals surface area contributed by atoms with E-state index in [1.165, 1.54) is 217 Å². The van der Waals surface area contributed by atoms with E-state index in [0.717, 1.165) is 123 Å². The molecule has 6 aromatic rings. The van der Waals surface area contributed by atoms with Gasteiger partial charge in [0.05, 0.1) is 27.4 Å². The smallest absolute Gasteiger partial charge is 0.122 e. The Balaban J connectivity index is 0. The Morgan fingerprint density at radius 3 is 1.31 bits per heavy atom. The van der Waals surface area contributed by atoms with Gasteiger partial charge in [-0.2, -0.15) is 11.8 Å². The van der Waals surface area contributed by atoms with Crippen molar-refractivity contribution in [1.82, 2.24) is 0 Å². The fourth-order valence-corrected chi connectivity index (χ4v) is 18.8. The minimum Gasteiger partial charge on any atom is -0.497 e. The summed E-state index contributed by atoms with van der Waals surface area (Å²) in [6.07, 6.45) is 44.6. The molecule has 0 spiro atoms. The van der Waals surface area contributed by atoms with E-state index >= 15 is 0 Å². The molecule has 4 aliphatic rings. The molecule has 2 fully saturated rings. The van der Waals surface area contributed by atoms with Crippen LogP contribution in [0.1, 0.15) is 515 Å². The fourth-order valence-electron chi connectivity index (χ4n) is 17.5. The molecular formula is C141H248O6S. The van der Waals surface area contributed by atoms with Gasteiger partial charge in [0.1, 0.15) is 23.0 Å². The van der Waals surface area contributed by atoms with Crippen LogP contribution in [0.5, 0.6) is 23.0 Å². The zero-order valence-corrected chi connectivity index (χ0v) is 108. The minimum absolute atomic E-state index is 0.341. The largest absolute Gasteiger partial charge is 0.497 e. The highest BCUT2D eigenvalue weighted by Crippen LogP contribution is 2.45. The molecule has 1 aliphatic heterocycles. The maximum Gasteiger partial charge on any atom is 0.122 e. The average molecular weight is 2070 g/mol. The average Bonchev–Trinajstić information content (AvgIpc) is 1.45. The van der Waals surface area contributed by atoms with Crippen molar-refractivity contribution in [2.45, 2.75) is 521 Å². The van der Waals surface area contributed by atoms with E-state index in [1.54, 1.807) is 26.9 Å². The van der Waals surface area contributed by atoms with Gasteiger partial charge in [0.15, 0.2) is 0 Å². The summed E-state index contributed by atoms with van der Waals surface area (Å²) in [4.78, 5) is 0. The molecule has 6 nitrogen and oxygen atoms in total. The van der Waals surface area contributed by atoms with Crippen LogP contribution in [0.3, 0.4) is 0 Å². The lowest BCUT2D eigenvalue weighted by Gasteiger charge is -2.42. The van der Waals surface area contributed by atoms with Gasteiger partial charge in [-0.1, -0.05) is 455 Å². The quantitative estimate of drug-likeness (QED) is 0.0343. The molecule has 3 aliphatic carbocycles. The van der Waals surface area contributed by atoms with E-state index in [2.05, 4.69) is 442 Å². The van der Waals surface area contributed by atoms with Gasteiger partial charge in [0, 0.05) is 38.6 Å². The van der Waals surface area contributed by atoms with E-state index in [-0.39, 0.29) is 0 Å². The third-order valence-electron chi connectivity index (χ3n) is 28.7. The van der Waals surface area contributed by atoms with Crippen LogP contribution in [0, 0.1) is 95.6 Å². The van der Waals surface area contributed by atoms with Gasteiger partial charge in [-0.25, -0.2) is 0 Å². The second kappa shape index (κ2) is 74.6. The van der Waals surface area contributed by atoms with E-state index in [9.17, 15) is 0 Å². The van der Waals surface area contributed by atoms with Crippen LogP contribution in [0.2, 0.25) is 0 Å². The summed E-state index contributed by atoms with van der Waals surface area (Å²) in [6, 6.07) is 51.4. The first kappa shape index (κ1) is 145. The molecule has 0 amide bonds. The number of benzene rings is 6. The highest BCUT2D eigenvalue weighted by Gasteiger charge is 2.35. The van der Waals surface area contributed by atoms with Crippen LogP contribution in [-0.4, -0.2) is 65.4 Å². The molecule has 5 atom stereocenters. The molecule has 0 N–H and O–H groups in total. The summed E-state index contributed by atoms with van der Waals surface area (Å²) >= 11 is 2.24. The number of hydrogen-bond acceptors (Lipinski definition) is 7. The van der Waals surface area contributed by atoms with Gasteiger partial charge in [0.2, 0.25) is 0 Å². The Bertz CT molecular complexity index is 4170. The Kier molecular flexibility index (Phi) is 72.9. The molecule has 10 rings (SSSR count). The number of unbranched alkanes of at least 4 members (excludes halogenated alkanes) is 1. The number of allylic oxidation sites excluding steroid dienone is 2. The predicted molar refractivity (Wildman–Crippen MR) is 667 cm³/mol. The molecule has 0 aromatic heterocycles. The van der Waals surface area contributed by atoms with Gasteiger partial charge in [-0.15, -0.1) is 0 Å². The first-order valence-electron chi connectivity index (χ1n) is 59.4. The summed E-state index contributed by atoms with van der Waals surface area (Å²) in [5.41, 5.74) is 18.2. The molecule has 0 radical (unpaired) electrons. The van der Waals surface area contributed by atoms with Gasteiger partial charge < -0.3 is 28.4 Å². The first-order chi connectivity index (χ1) is 68.3. The first-order valence-corrected chi connectivity index (χ1v) is 60.5. The standard InChI is InChI=1S/C14H22O2.C14H22O.C14H22.C13H18O.C13H26S.C13H20.C12H24.C12H18.C12H22.C9H20O.C8H18.C7H16O/c1-14(2,3)9-8-11-10-12(15-4)6-7-13(11)16-5;1-5-15-13-8-6-12(7-9-13)10-11-14(2,3)4;1-12(14(2,3)4)10-11-13-8-6-5-7-9-13;1-13(2,3)9-10-4-5-11-6-7-14-12(11)8-10;1-13(2,3)10-7-11-14-12-8-5-4-6-9-12;1-11-5-7-12(8-6-11)9-10-13(2,3)4;1-9-7-6-8-11(10(9)2)12(3,4)5;1-10(12(2,3)4)11-8-6-5-7-9-11;1-12(2,3)10-9-11-7-5-4-6-8-11;1-5-10-8-6-7-9(2,3)4;1-5-6-7-8(2,3)4;1-7(2,3)5-6-8-4/h6-7,10H,8-9H2,1-5H3;6-9H,5,10-11H2,1-4H3;5-9,12H,10-11H2,1-4H3;4-5,8H,6-7,9H2,1-3H3;12H,4-11H2,1-3H3;5-8H,9-10H2,1-4H3;9-11H,6-8H2,1-5H3;5-10H,1-4H3;7H,4-6,8-10H2,1-3H3;5-8H2,1-4H3;5-7H2,1-4H3;5-6H2,1-4H3. The predicted octanol–water partition coefficient (Wildman–Crippen LogP) is 44.5. The van der Waals surface area contributed by atoms with Crippen LogP contribution < -0.4 is 18.9 Å². The molecular weight excluding hydrogens is 1820 g/mol. The number of aryl methyl sites for hydroxylation is 5. The van der Waals surface area contributed by atoms with Crippen molar-refractivity contribution in [3.8, 4) is 23.0 Å². The molecule has 2 saturated carbocycles. The second-order valence-electron chi connectivity index (χ2n) is 58.0. The number of rotatable bonds is 29. The van der Waals surface area contributed by atoms with Crippen LogP contribution in [0.4, 0.5) is 0 Å². The third-order valence-corrected chi connectivity index (χ3v) is 30.2. The summed E-state index contributed by atoms with van der Waals surface area (Å²) in [7, 11) is 5.14. The molecule has 854 valence electrons. The Morgan fingerprint density at radius 1 is 0.399 bits per heavy atom. The van der Waals surface area contributed by atoms with Gasteiger partial charge in [-0.05, 0) is 351 Å². The van der Waals surface area contributed by atoms with Crippen molar-refractivity contribution in [1.29, 1.82) is 0 Å². The number of methoxy groups -OCH3 is 3. The van der Waals surface area contributed by atoms with Crippen molar-refractivity contribution in [3.05, 3.63) is 202 Å². The summed E-state index contributed by atoms with van der Waals surface area (Å²) in [6.45, 7) is 105. The van der Waals surface area contributed by atoms with Crippen LogP contribution in [0.25, 0.3) is 0 Å². The topological polar surface area (TPSA) is 55.4 Å². The summed E-state index contributed by atoms with van der Waals surface area (Å²) < 4.78 is 31.7. The normalized spacial score (nSPS) is 16.0. The lowest BCUT2D eigenvalue weighted by atomic mass is 9.64. The van der Waals surface area contributed by atoms with Crippen molar-refractivity contribution >= 4 is 11.8 Å². The second-order valence-corrected chi connectivity index (χ2v) is 59.4. The van der Waals surface area contributed by atoms with Crippen LogP contribution in [-0.2, 0) is 48.0 Å². The van der Waals surface area contributed by atoms with E-state index in [4.69, 9.17) is 28.4 Å². The van der Waals surface area contributed by atoms with Gasteiger partial charge in [0.25, 0.3) is 0 Å². The molecule has 6 aromatic carbocycles. The highest BCUT2D eigenvalue weighted by molar-refractivity contribution is 7.99. The summed E-state index contributed by atoms with van der Waals surface area (Å²) in [5, 5.41) is 1.00. The van der Waals surface area contributed by atoms with E-state index in [1.807, 2.05) is 26.0 Å². The molecule has 7 heteroatoms. The highest BCUT2D eigenvalue weighted by atomic mass is 32.2. The lowest BCUT2D eigenvalue weighted by Crippen LogP contribution is -2.33. The molecule has 148 heavy (non-hydrogen) atoms. The van der Waals surface area contributed by atoms with Gasteiger partial charge in [-0.3, -0.25) is 0 Å². The fraction of sp³-hybridized carbons (Fsp3) is 0.730. The van der Waals surface area contributed by atoms with Crippen LogP contribution in [0.15, 0.2) is 157 Å². The minimum atomic E-state index is 0.341. The van der Waals surface area contributed by atoms with E-state index < -0.39 is 0 Å². The molecule has 1 heterocycles. The third kappa shape index (κ3) is 83.9. The zero-order chi connectivity index (χ0) is 113. The molecule has 0 bridgehead atoms.